The first kappa shape index (κ1) is 10.5. The predicted molar refractivity (Wildman–Crippen MR) is 45.3 cm³/mol. The fraction of sp³-hybridized carbons (Fsp3) is 1.00. The molecule has 0 saturated carbocycles. The molecule has 0 atom stereocenters. The molecule has 0 aliphatic carbocycles. The highest BCUT2D eigenvalue weighted by molar-refractivity contribution is 8.76. The first-order chi connectivity index (χ1) is 4.56. The zero-order chi connectivity index (χ0) is 8.04. The van der Waals surface area contributed by atoms with Crippen LogP contribution in [0.5, 0.6) is 0 Å². The zero-order valence-corrected chi connectivity index (χ0v) is 7.12. The van der Waals surface area contributed by atoms with E-state index >= 15 is 0 Å². The zero-order valence-electron chi connectivity index (χ0n) is 5.49. The molecule has 0 aromatic carbocycles. The molecule has 0 bridgehead atoms. The van der Waals surface area contributed by atoms with Crippen molar-refractivity contribution in [2.45, 2.75) is 5.91 Å². The Morgan fingerprint density at radius 2 is 1.90 bits per heavy atom. The minimum Gasteiger partial charge on any atom is -0.353 e. The van der Waals surface area contributed by atoms with Crippen molar-refractivity contribution in [1.29, 1.82) is 0 Å². The van der Waals surface area contributed by atoms with Gasteiger partial charge in [-0.1, -0.05) is 21.6 Å². The van der Waals surface area contributed by atoms with Crippen LogP contribution < -0.4 is 11.5 Å². The van der Waals surface area contributed by atoms with Gasteiger partial charge in [0.05, 0.1) is 5.75 Å². The highest BCUT2D eigenvalue weighted by atomic mass is 33.1. The Hall–Kier alpha value is 0.540. The number of rotatable bonds is 5. The number of hydrogen-bond donors (Lipinski definition) is 4. The Morgan fingerprint density at radius 3 is 2.30 bits per heavy atom. The first-order valence-corrected chi connectivity index (χ1v) is 5.23. The lowest BCUT2D eigenvalue weighted by molar-refractivity contribution is -0.133. The number of nitrogens with two attached hydrogens (primary N) is 2. The molecule has 0 aliphatic rings. The third-order valence-corrected chi connectivity index (χ3v) is 3.02. The van der Waals surface area contributed by atoms with Crippen molar-refractivity contribution in [2.75, 3.05) is 18.1 Å². The van der Waals surface area contributed by atoms with Gasteiger partial charge in [0.15, 0.2) is 0 Å². The van der Waals surface area contributed by atoms with Gasteiger partial charge in [0.2, 0.25) is 5.91 Å². The summed E-state index contributed by atoms with van der Waals surface area (Å²) in [4.78, 5) is 0. The van der Waals surface area contributed by atoms with E-state index < -0.39 is 5.91 Å². The van der Waals surface area contributed by atoms with E-state index in [2.05, 4.69) is 0 Å². The van der Waals surface area contributed by atoms with E-state index in [-0.39, 0.29) is 5.75 Å². The summed E-state index contributed by atoms with van der Waals surface area (Å²) in [7, 11) is 2.77. The molecule has 0 rings (SSSR count). The monoisotopic (exact) mass is 184 g/mol. The number of hydrogen-bond acceptors (Lipinski definition) is 6. The van der Waals surface area contributed by atoms with Gasteiger partial charge in [-0.15, -0.1) is 0 Å². The lowest BCUT2D eigenvalue weighted by Gasteiger charge is -2.13. The average Bonchev–Trinajstić information content (AvgIpc) is 1.78. The molecule has 0 unspecified atom stereocenters. The van der Waals surface area contributed by atoms with Gasteiger partial charge in [-0.25, -0.2) is 0 Å². The lowest BCUT2D eigenvalue weighted by atomic mass is 10.6. The quantitative estimate of drug-likeness (QED) is 0.247. The molecule has 10 heavy (non-hydrogen) atoms. The normalized spacial score (nSPS) is 12.0. The smallest absolute Gasteiger partial charge is 0.230 e. The second kappa shape index (κ2) is 5.22. The molecule has 6 N–H and O–H groups in total. The molecule has 4 nitrogen and oxygen atoms in total. The highest BCUT2D eigenvalue weighted by Crippen LogP contribution is 2.21. The molecule has 0 aromatic heterocycles. The molecule has 0 fully saturated rings. The molecular weight excluding hydrogens is 172 g/mol. The largest absolute Gasteiger partial charge is 0.353 e. The van der Waals surface area contributed by atoms with Crippen molar-refractivity contribution in [2.24, 2.45) is 11.5 Å². The van der Waals surface area contributed by atoms with E-state index in [0.29, 0.717) is 6.54 Å². The fourth-order valence-electron chi connectivity index (χ4n) is 0.235. The third kappa shape index (κ3) is 8.54. The van der Waals surface area contributed by atoms with Gasteiger partial charge in [0.25, 0.3) is 0 Å². The van der Waals surface area contributed by atoms with E-state index in [9.17, 15) is 0 Å². The van der Waals surface area contributed by atoms with Gasteiger partial charge in [-0.2, -0.15) is 0 Å². The minimum atomic E-state index is -2.05. The van der Waals surface area contributed by atoms with E-state index in [0.717, 1.165) is 5.75 Å². The fourth-order valence-corrected chi connectivity index (χ4v) is 2.12. The Balaban J connectivity index is 3.04. The highest BCUT2D eigenvalue weighted by Gasteiger charge is 2.14. The van der Waals surface area contributed by atoms with Crippen molar-refractivity contribution in [3.05, 3.63) is 0 Å². The van der Waals surface area contributed by atoms with Crippen LogP contribution in [0.4, 0.5) is 0 Å². The summed E-state index contributed by atoms with van der Waals surface area (Å²) in [5.41, 5.74) is 10.1. The van der Waals surface area contributed by atoms with Gasteiger partial charge >= 0.3 is 0 Å². The molecule has 0 heterocycles. The Kier molecular flexibility index (Phi) is 5.51. The maximum atomic E-state index is 8.58. The summed E-state index contributed by atoms with van der Waals surface area (Å²) in [6, 6.07) is 0. The maximum absolute atomic E-state index is 8.58. The van der Waals surface area contributed by atoms with Crippen LogP contribution >= 0.6 is 21.6 Å². The summed E-state index contributed by atoms with van der Waals surface area (Å²) >= 11 is 0. The number of aliphatic hydroxyl groups is 2. The summed E-state index contributed by atoms with van der Waals surface area (Å²) < 4.78 is 0. The predicted octanol–water partition coefficient (Wildman–Crippen LogP) is -1.08. The van der Waals surface area contributed by atoms with Crippen LogP contribution in [0.1, 0.15) is 0 Å². The molecule has 6 heteroatoms. The van der Waals surface area contributed by atoms with Gasteiger partial charge in [0, 0.05) is 12.3 Å². The standard InChI is InChI=1S/C4H12N2O2S2/c5-1-2-9-10-3-4(6,7)8/h7-8H,1-3,5-6H2. The maximum Gasteiger partial charge on any atom is 0.230 e. The Labute approximate surface area is 67.7 Å². The topological polar surface area (TPSA) is 92.5 Å². The molecule has 0 aromatic rings. The summed E-state index contributed by atoms with van der Waals surface area (Å²) in [5.74, 6) is -1.16. The minimum absolute atomic E-state index is 0.0949. The van der Waals surface area contributed by atoms with E-state index in [4.69, 9.17) is 21.7 Å². The van der Waals surface area contributed by atoms with Crippen molar-refractivity contribution in [3.63, 3.8) is 0 Å². The summed E-state index contributed by atoms with van der Waals surface area (Å²) in [5, 5.41) is 17.2. The Morgan fingerprint density at radius 1 is 1.30 bits per heavy atom. The molecular formula is C4H12N2O2S2. The molecule has 0 saturated heterocycles. The van der Waals surface area contributed by atoms with Crippen molar-refractivity contribution in [3.8, 4) is 0 Å². The third-order valence-electron chi connectivity index (χ3n) is 0.556. The SMILES string of the molecule is NCCSSCC(N)(O)O. The van der Waals surface area contributed by atoms with Crippen LogP contribution in [-0.4, -0.2) is 34.2 Å². The summed E-state index contributed by atoms with van der Waals surface area (Å²) in [6.45, 7) is 0.589. The first-order valence-electron chi connectivity index (χ1n) is 2.74. The van der Waals surface area contributed by atoms with E-state index in [1.54, 1.807) is 0 Å². The van der Waals surface area contributed by atoms with Crippen LogP contribution in [0.25, 0.3) is 0 Å². The second-order valence-electron chi connectivity index (χ2n) is 1.75. The van der Waals surface area contributed by atoms with Crippen LogP contribution in [0, 0.1) is 0 Å². The second-order valence-corrected chi connectivity index (χ2v) is 4.33. The van der Waals surface area contributed by atoms with Crippen LogP contribution in [0.2, 0.25) is 0 Å². The molecule has 0 spiro atoms. The van der Waals surface area contributed by atoms with Gasteiger partial charge in [0.1, 0.15) is 0 Å². The van der Waals surface area contributed by atoms with Gasteiger partial charge in [-0.3, -0.25) is 5.73 Å². The van der Waals surface area contributed by atoms with Crippen LogP contribution in [0.15, 0.2) is 0 Å². The van der Waals surface area contributed by atoms with Crippen LogP contribution in [0.3, 0.4) is 0 Å². The van der Waals surface area contributed by atoms with E-state index in [1.807, 2.05) is 0 Å². The lowest BCUT2D eigenvalue weighted by Crippen LogP contribution is -2.41. The molecule has 0 amide bonds. The van der Waals surface area contributed by atoms with Crippen molar-refractivity contribution < 1.29 is 10.2 Å². The van der Waals surface area contributed by atoms with E-state index in [1.165, 1.54) is 21.6 Å². The van der Waals surface area contributed by atoms with Crippen molar-refractivity contribution in [1.82, 2.24) is 0 Å². The van der Waals surface area contributed by atoms with Crippen molar-refractivity contribution >= 4 is 21.6 Å². The van der Waals surface area contributed by atoms with Crippen LogP contribution in [-0.2, 0) is 0 Å². The Bertz CT molecular complexity index is 85.8. The summed E-state index contributed by atoms with van der Waals surface area (Å²) in [6.07, 6.45) is 0. The van der Waals surface area contributed by atoms with Gasteiger partial charge in [-0.05, 0) is 0 Å². The van der Waals surface area contributed by atoms with Gasteiger partial charge < -0.3 is 15.9 Å². The molecule has 0 radical (unpaired) electrons. The molecule has 62 valence electrons. The average molecular weight is 184 g/mol. The molecule has 0 aliphatic heterocycles.